The van der Waals surface area contributed by atoms with Crippen LogP contribution in [0, 0.1) is 0 Å². The molecule has 3 aromatic rings. The largest absolute Gasteiger partial charge is 0.496 e. The van der Waals surface area contributed by atoms with Gasteiger partial charge in [-0.3, -0.25) is 9.48 Å². The van der Waals surface area contributed by atoms with E-state index < -0.39 is 0 Å². The van der Waals surface area contributed by atoms with E-state index in [1.54, 1.807) is 42.3 Å². The van der Waals surface area contributed by atoms with E-state index in [9.17, 15) is 4.79 Å². The van der Waals surface area contributed by atoms with Crippen molar-refractivity contribution in [2.45, 2.75) is 13.2 Å². The summed E-state index contributed by atoms with van der Waals surface area (Å²) < 4.78 is 13.8. The van der Waals surface area contributed by atoms with Crippen LogP contribution in [0.1, 0.15) is 16.7 Å². The number of carbonyl (C=O) groups excluding carboxylic acids is 1. The zero-order chi connectivity index (χ0) is 21.5. The molecule has 6 nitrogen and oxygen atoms in total. The van der Waals surface area contributed by atoms with Crippen LogP contribution in [-0.4, -0.2) is 22.8 Å². The van der Waals surface area contributed by atoms with E-state index in [0.717, 1.165) is 21.2 Å². The molecule has 0 aliphatic carbocycles. The average Bonchev–Trinajstić information content (AvgIpc) is 3.15. The van der Waals surface area contributed by atoms with Crippen molar-refractivity contribution >= 4 is 39.5 Å². The maximum Gasteiger partial charge on any atom is 0.244 e. The number of carbonyl (C=O) groups is 1. The van der Waals surface area contributed by atoms with E-state index in [1.165, 1.54) is 6.08 Å². The predicted molar refractivity (Wildman–Crippen MR) is 121 cm³/mol. The Hall–Kier alpha value is -2.77. The lowest BCUT2D eigenvalue weighted by atomic mass is 10.1. The van der Waals surface area contributed by atoms with Gasteiger partial charge >= 0.3 is 0 Å². The molecule has 0 spiro atoms. The number of aromatic nitrogens is 2. The maximum atomic E-state index is 12.1. The Balaban J connectivity index is 1.64. The summed E-state index contributed by atoms with van der Waals surface area (Å²) in [5, 5.41) is 7.54. The summed E-state index contributed by atoms with van der Waals surface area (Å²) in [7, 11) is 3.44. The Morgan fingerprint density at radius 2 is 2.07 bits per heavy atom. The van der Waals surface area contributed by atoms with Gasteiger partial charge in [-0.15, -0.1) is 0 Å². The summed E-state index contributed by atoms with van der Waals surface area (Å²) in [5.74, 6) is 1.20. The maximum absolute atomic E-state index is 12.1. The van der Waals surface area contributed by atoms with Crippen molar-refractivity contribution in [2.75, 3.05) is 7.11 Å². The monoisotopic (exact) mass is 489 g/mol. The molecule has 1 amide bonds. The van der Waals surface area contributed by atoms with Crippen LogP contribution in [0.25, 0.3) is 6.08 Å². The van der Waals surface area contributed by atoms with E-state index in [2.05, 4.69) is 26.3 Å². The molecule has 1 aromatic heterocycles. The van der Waals surface area contributed by atoms with Crippen molar-refractivity contribution in [3.63, 3.8) is 0 Å². The van der Waals surface area contributed by atoms with E-state index in [4.69, 9.17) is 21.1 Å². The molecular weight excluding hydrogens is 470 g/mol. The minimum absolute atomic E-state index is 0.183. The number of halogens is 2. The Labute approximate surface area is 188 Å². The molecule has 0 fully saturated rings. The third-order valence-corrected chi connectivity index (χ3v) is 5.09. The van der Waals surface area contributed by atoms with Crippen LogP contribution in [0.5, 0.6) is 11.5 Å². The van der Waals surface area contributed by atoms with Gasteiger partial charge in [0, 0.05) is 42.0 Å². The smallest absolute Gasteiger partial charge is 0.244 e. The van der Waals surface area contributed by atoms with Crippen molar-refractivity contribution < 1.29 is 14.3 Å². The Morgan fingerprint density at radius 1 is 1.27 bits per heavy atom. The molecule has 156 valence electrons. The number of ether oxygens (including phenoxy) is 2. The summed E-state index contributed by atoms with van der Waals surface area (Å²) in [4.78, 5) is 12.1. The molecular formula is C22H21BrClN3O3. The summed E-state index contributed by atoms with van der Waals surface area (Å²) in [6, 6.07) is 11.0. The third kappa shape index (κ3) is 6.11. The van der Waals surface area contributed by atoms with E-state index in [0.29, 0.717) is 29.7 Å². The zero-order valence-corrected chi connectivity index (χ0v) is 18.9. The highest BCUT2D eigenvalue weighted by atomic mass is 79.9. The molecule has 8 heteroatoms. The lowest BCUT2D eigenvalue weighted by Crippen LogP contribution is -2.19. The van der Waals surface area contributed by atoms with Crippen LogP contribution in [0.4, 0.5) is 0 Å². The molecule has 0 aliphatic rings. The quantitative estimate of drug-likeness (QED) is 0.463. The Morgan fingerprint density at radius 3 is 2.77 bits per heavy atom. The second-order valence-electron chi connectivity index (χ2n) is 6.51. The fraction of sp³-hybridized carbons (Fsp3) is 0.182. The molecule has 1 heterocycles. The van der Waals surface area contributed by atoms with Gasteiger partial charge in [-0.2, -0.15) is 5.10 Å². The fourth-order valence-electron chi connectivity index (χ4n) is 2.75. The van der Waals surface area contributed by atoms with Gasteiger partial charge in [-0.05, 0) is 57.9 Å². The van der Waals surface area contributed by atoms with Gasteiger partial charge in [0.15, 0.2) is 0 Å². The minimum Gasteiger partial charge on any atom is -0.496 e. The summed E-state index contributed by atoms with van der Waals surface area (Å²) in [6.07, 6.45) is 6.83. The number of aryl methyl sites for hydroxylation is 1. The van der Waals surface area contributed by atoms with Gasteiger partial charge in [0.1, 0.15) is 18.1 Å². The standard InChI is InChI=1S/C22H21BrClN3O3/c1-27-13-16(12-26-27)11-25-22(28)8-4-15-3-6-20(29-2)17(9-15)14-30-21-7-5-18(24)10-19(21)23/h3-10,12-13H,11,14H2,1-2H3,(H,25,28). The first-order chi connectivity index (χ1) is 14.4. The number of nitrogens with one attached hydrogen (secondary N) is 1. The molecule has 0 radical (unpaired) electrons. The summed E-state index contributed by atoms with van der Waals surface area (Å²) >= 11 is 9.41. The van der Waals surface area contributed by atoms with Gasteiger partial charge < -0.3 is 14.8 Å². The van der Waals surface area contributed by atoms with Gasteiger partial charge in [-0.25, -0.2) is 0 Å². The van der Waals surface area contributed by atoms with Crippen molar-refractivity contribution in [3.05, 3.63) is 81.1 Å². The second kappa shape index (κ2) is 10.3. The third-order valence-electron chi connectivity index (χ3n) is 4.23. The number of benzene rings is 2. The van der Waals surface area contributed by atoms with Crippen LogP contribution in [0.15, 0.2) is 59.3 Å². The van der Waals surface area contributed by atoms with Gasteiger partial charge in [0.25, 0.3) is 0 Å². The number of methoxy groups -OCH3 is 1. The molecule has 30 heavy (non-hydrogen) atoms. The zero-order valence-electron chi connectivity index (χ0n) is 16.6. The second-order valence-corrected chi connectivity index (χ2v) is 7.80. The van der Waals surface area contributed by atoms with Crippen LogP contribution >= 0.6 is 27.5 Å². The predicted octanol–water partition coefficient (Wildman–Crippen LogP) is 4.75. The SMILES string of the molecule is COc1ccc(C=CC(=O)NCc2cnn(C)c2)cc1COc1ccc(Cl)cc1Br. The molecule has 2 aromatic carbocycles. The fourth-order valence-corrected chi connectivity index (χ4v) is 3.54. The highest BCUT2D eigenvalue weighted by Crippen LogP contribution is 2.30. The van der Waals surface area contributed by atoms with Crippen LogP contribution in [0.2, 0.25) is 5.02 Å². The minimum atomic E-state index is -0.183. The molecule has 0 aliphatic heterocycles. The van der Waals surface area contributed by atoms with Crippen LogP contribution in [0.3, 0.4) is 0 Å². The normalized spacial score (nSPS) is 10.9. The van der Waals surface area contributed by atoms with Crippen LogP contribution in [-0.2, 0) is 25.0 Å². The number of nitrogens with zero attached hydrogens (tertiary/aromatic N) is 2. The van der Waals surface area contributed by atoms with Gasteiger partial charge in [-0.1, -0.05) is 17.7 Å². The molecule has 0 bridgehead atoms. The molecule has 3 rings (SSSR count). The summed E-state index contributed by atoms with van der Waals surface area (Å²) in [6.45, 7) is 0.729. The highest BCUT2D eigenvalue weighted by Gasteiger charge is 2.08. The molecule has 0 atom stereocenters. The Bertz CT molecular complexity index is 1070. The van der Waals surface area contributed by atoms with Crippen molar-refractivity contribution in [1.29, 1.82) is 0 Å². The molecule has 0 saturated heterocycles. The van der Waals surface area contributed by atoms with Gasteiger partial charge in [0.2, 0.25) is 5.91 Å². The first kappa shape index (κ1) is 21.9. The van der Waals surface area contributed by atoms with Crippen molar-refractivity contribution in [1.82, 2.24) is 15.1 Å². The van der Waals surface area contributed by atoms with Gasteiger partial charge in [0.05, 0.1) is 17.8 Å². The van der Waals surface area contributed by atoms with Crippen molar-refractivity contribution in [2.24, 2.45) is 7.05 Å². The first-order valence-corrected chi connectivity index (χ1v) is 10.3. The van der Waals surface area contributed by atoms with E-state index >= 15 is 0 Å². The first-order valence-electron chi connectivity index (χ1n) is 9.13. The number of hydrogen-bond donors (Lipinski definition) is 1. The molecule has 0 saturated carbocycles. The van der Waals surface area contributed by atoms with E-state index in [1.807, 2.05) is 31.4 Å². The number of rotatable bonds is 8. The average molecular weight is 491 g/mol. The highest BCUT2D eigenvalue weighted by molar-refractivity contribution is 9.10. The molecule has 1 N–H and O–H groups in total. The lowest BCUT2D eigenvalue weighted by Gasteiger charge is -2.12. The number of hydrogen-bond acceptors (Lipinski definition) is 4. The van der Waals surface area contributed by atoms with E-state index in [-0.39, 0.29) is 5.91 Å². The topological polar surface area (TPSA) is 65.4 Å². The molecule has 0 unspecified atom stereocenters. The van der Waals surface area contributed by atoms with Crippen molar-refractivity contribution in [3.8, 4) is 11.5 Å². The lowest BCUT2D eigenvalue weighted by molar-refractivity contribution is -0.116. The number of amides is 1. The van der Waals surface area contributed by atoms with Crippen LogP contribution < -0.4 is 14.8 Å². The Kier molecular flexibility index (Phi) is 7.54. The summed E-state index contributed by atoms with van der Waals surface area (Å²) in [5.41, 5.74) is 2.66.